The Bertz CT molecular complexity index is 1250. The summed E-state index contributed by atoms with van der Waals surface area (Å²) in [6, 6.07) is 4.45. The van der Waals surface area contributed by atoms with Crippen LogP contribution in [0.15, 0.2) is 52.3 Å². The first kappa shape index (κ1) is 26.5. The Kier molecular flexibility index (Phi) is 7.70. The number of primary amides is 1. The molecule has 0 heterocycles. The van der Waals surface area contributed by atoms with Crippen LogP contribution < -0.4 is 10.5 Å². The number of nitrogens with two attached hydrogens (primary N) is 1. The van der Waals surface area contributed by atoms with Crippen LogP contribution in [0.25, 0.3) is 0 Å². The number of halogens is 4. The van der Waals surface area contributed by atoms with Crippen molar-refractivity contribution in [3.05, 3.63) is 53.8 Å². The molecule has 0 bridgehead atoms. The normalized spacial score (nSPS) is 14.5. The van der Waals surface area contributed by atoms with Crippen molar-refractivity contribution < 1.29 is 53.6 Å². The largest absolute Gasteiger partial charge is 0.418 e. The predicted molar refractivity (Wildman–Crippen MR) is 103 cm³/mol. The summed E-state index contributed by atoms with van der Waals surface area (Å²) in [6.45, 7) is -1.12. The lowest BCUT2D eigenvalue weighted by Gasteiger charge is -2.16. The molecule has 0 spiro atoms. The fraction of sp³-hybridized carbons (Fsp3) is 0.235. The summed E-state index contributed by atoms with van der Waals surface area (Å²) in [5.74, 6) is -2.62. The van der Waals surface area contributed by atoms with E-state index in [9.17, 15) is 49.4 Å². The van der Waals surface area contributed by atoms with E-state index in [1.807, 2.05) is 0 Å². The molecule has 0 aliphatic rings. The molecule has 2 rings (SSSR count). The van der Waals surface area contributed by atoms with E-state index < -0.39 is 77.9 Å². The van der Waals surface area contributed by atoms with Crippen molar-refractivity contribution in [2.24, 2.45) is 5.73 Å². The minimum atomic E-state index is -5.10. The van der Waals surface area contributed by atoms with Crippen molar-refractivity contribution in [3.8, 4) is 0 Å². The summed E-state index contributed by atoms with van der Waals surface area (Å²) in [7, 11) is -9.54. The summed E-state index contributed by atoms with van der Waals surface area (Å²) in [5, 5.41) is 18.8. The number of hydrogen-bond acceptors (Lipinski definition) is 8. The quantitative estimate of drug-likeness (QED) is 0.276. The third kappa shape index (κ3) is 6.61. The van der Waals surface area contributed by atoms with E-state index in [1.54, 1.807) is 4.72 Å². The molecule has 1 amide bonds. The van der Waals surface area contributed by atoms with Gasteiger partial charge in [0, 0.05) is 0 Å². The molecule has 0 aliphatic carbocycles. The molecule has 0 aromatic heterocycles. The Labute approximate surface area is 184 Å². The molecule has 0 saturated heterocycles. The molecule has 2 aromatic carbocycles. The number of aliphatic hydroxyl groups is 2. The first-order valence-corrected chi connectivity index (χ1v) is 11.5. The summed E-state index contributed by atoms with van der Waals surface area (Å²) in [6.07, 6.45) is -9.27. The Morgan fingerprint density at radius 1 is 1.06 bits per heavy atom. The maximum absolute atomic E-state index is 13.2. The molecule has 2 unspecified atom stereocenters. The number of anilines is 1. The number of benzene rings is 2. The number of sulfonamides is 1. The second kappa shape index (κ2) is 9.60. The highest BCUT2D eigenvalue weighted by Gasteiger charge is 2.35. The van der Waals surface area contributed by atoms with E-state index in [0.29, 0.717) is 18.2 Å². The van der Waals surface area contributed by atoms with Crippen molar-refractivity contribution in [1.82, 2.24) is 0 Å². The number of alkyl halides is 3. The Balaban J connectivity index is 2.33. The van der Waals surface area contributed by atoms with Gasteiger partial charge >= 0.3 is 6.18 Å². The van der Waals surface area contributed by atoms with Crippen LogP contribution in [0.2, 0.25) is 0 Å². The average molecular weight is 516 g/mol. The van der Waals surface area contributed by atoms with Crippen molar-refractivity contribution >= 4 is 31.7 Å². The summed E-state index contributed by atoms with van der Waals surface area (Å²) in [4.78, 5) is 9.22. The molecule has 2 aromatic rings. The van der Waals surface area contributed by atoms with Gasteiger partial charge in [0.25, 0.3) is 20.1 Å². The first-order chi connectivity index (χ1) is 15.0. The Morgan fingerprint density at radius 3 is 2.24 bits per heavy atom. The van der Waals surface area contributed by atoms with Gasteiger partial charge in [0.1, 0.15) is 11.9 Å². The van der Waals surface area contributed by atoms with Gasteiger partial charge in [-0.1, -0.05) is 6.07 Å². The zero-order valence-corrected chi connectivity index (χ0v) is 17.8. The molecule has 16 heteroatoms. The van der Waals surface area contributed by atoms with Crippen LogP contribution in [0.4, 0.5) is 23.2 Å². The topological polar surface area (TPSA) is 173 Å². The lowest BCUT2D eigenvalue weighted by Crippen LogP contribution is -2.41. The second-order valence-electron chi connectivity index (χ2n) is 6.42. The number of hydrogen-bond donors (Lipinski definition) is 4. The third-order valence-corrected chi connectivity index (χ3v) is 6.63. The van der Waals surface area contributed by atoms with E-state index in [1.165, 1.54) is 0 Å². The fourth-order valence-corrected chi connectivity index (χ4v) is 4.52. The van der Waals surface area contributed by atoms with Crippen molar-refractivity contribution in [3.63, 3.8) is 0 Å². The number of nitrogens with one attached hydrogen (secondary N) is 1. The number of rotatable bonds is 9. The minimum absolute atomic E-state index is 0.0817. The van der Waals surface area contributed by atoms with Crippen LogP contribution in [0.3, 0.4) is 0 Å². The molecule has 33 heavy (non-hydrogen) atoms. The van der Waals surface area contributed by atoms with Crippen molar-refractivity contribution in [2.75, 3.05) is 11.3 Å². The van der Waals surface area contributed by atoms with Gasteiger partial charge in [0.2, 0.25) is 5.91 Å². The number of carbonyl (C=O) groups is 1. The van der Waals surface area contributed by atoms with Gasteiger partial charge in [-0.15, -0.1) is 0 Å². The number of carbonyl (C=O) groups excluding carboxylic acids is 1. The first-order valence-electron chi connectivity index (χ1n) is 8.59. The smallest absolute Gasteiger partial charge is 0.387 e. The number of amides is 1. The molecule has 5 N–H and O–H groups in total. The minimum Gasteiger partial charge on any atom is -0.387 e. The molecular weight excluding hydrogens is 500 g/mol. The highest BCUT2D eigenvalue weighted by Crippen LogP contribution is 2.36. The maximum Gasteiger partial charge on any atom is 0.418 e. The summed E-state index contributed by atoms with van der Waals surface area (Å²) < 4.78 is 108. The molecule has 0 radical (unpaired) electrons. The zero-order chi connectivity index (χ0) is 25.2. The predicted octanol–water partition coefficient (Wildman–Crippen LogP) is 0.558. The van der Waals surface area contributed by atoms with Crippen LogP contribution in [0.1, 0.15) is 5.56 Å². The van der Waals surface area contributed by atoms with Gasteiger partial charge < -0.3 is 15.9 Å². The molecular formula is C17H16F4N2O8S2. The van der Waals surface area contributed by atoms with E-state index in [2.05, 4.69) is 4.18 Å². The fourth-order valence-electron chi connectivity index (χ4n) is 2.35. The Morgan fingerprint density at radius 2 is 1.67 bits per heavy atom. The van der Waals surface area contributed by atoms with Crippen LogP contribution in [0.5, 0.6) is 0 Å². The highest BCUT2D eigenvalue weighted by molar-refractivity contribution is 7.92. The van der Waals surface area contributed by atoms with Gasteiger partial charge in [0.15, 0.2) is 6.10 Å². The zero-order valence-electron chi connectivity index (χ0n) is 16.2. The van der Waals surface area contributed by atoms with Gasteiger partial charge in [-0.25, -0.2) is 12.8 Å². The summed E-state index contributed by atoms with van der Waals surface area (Å²) in [5.41, 5.74) is 2.13. The van der Waals surface area contributed by atoms with Crippen LogP contribution in [-0.2, 0) is 35.3 Å². The van der Waals surface area contributed by atoms with Crippen LogP contribution in [-0.4, -0.2) is 51.8 Å². The second-order valence-corrected chi connectivity index (χ2v) is 9.72. The molecule has 10 nitrogen and oxygen atoms in total. The average Bonchev–Trinajstić information content (AvgIpc) is 2.72. The van der Waals surface area contributed by atoms with Gasteiger partial charge in [-0.05, 0) is 36.4 Å². The standard InChI is InChI=1S/C17H16F4N2O8S2/c18-9-4-5-13(12(6-9)17(19,20)21)23-32(27,28)10-2-1-3-11(7-10)33(29,30)31-8-14(24)15(25)16(22)26/h1-7,14-15,23-25H,8H2,(H2,22,26). The maximum atomic E-state index is 13.2. The molecule has 182 valence electrons. The van der Waals surface area contributed by atoms with E-state index in [0.717, 1.165) is 18.2 Å². The molecule has 0 aliphatic heterocycles. The van der Waals surface area contributed by atoms with Crippen molar-refractivity contribution in [2.45, 2.75) is 28.2 Å². The van der Waals surface area contributed by atoms with Crippen LogP contribution in [0, 0.1) is 5.82 Å². The Hall–Kier alpha value is -2.79. The molecule has 0 saturated carbocycles. The third-order valence-electron chi connectivity index (χ3n) is 3.99. The SMILES string of the molecule is NC(=O)C(O)C(O)COS(=O)(=O)c1cccc(S(=O)(=O)Nc2ccc(F)cc2C(F)(F)F)c1. The molecule has 0 fully saturated rings. The monoisotopic (exact) mass is 516 g/mol. The van der Waals surface area contributed by atoms with Gasteiger partial charge in [-0.2, -0.15) is 21.6 Å². The highest BCUT2D eigenvalue weighted by atomic mass is 32.2. The van der Waals surface area contributed by atoms with Gasteiger partial charge in [-0.3, -0.25) is 13.7 Å². The van der Waals surface area contributed by atoms with E-state index in [-0.39, 0.29) is 6.07 Å². The van der Waals surface area contributed by atoms with E-state index in [4.69, 9.17) is 5.73 Å². The summed E-state index contributed by atoms with van der Waals surface area (Å²) >= 11 is 0. The number of aliphatic hydroxyl groups excluding tert-OH is 2. The lowest BCUT2D eigenvalue weighted by atomic mass is 10.2. The van der Waals surface area contributed by atoms with E-state index >= 15 is 0 Å². The van der Waals surface area contributed by atoms with Crippen LogP contribution >= 0.6 is 0 Å². The lowest BCUT2D eigenvalue weighted by molar-refractivity contribution is -0.137. The van der Waals surface area contributed by atoms with Crippen molar-refractivity contribution in [1.29, 1.82) is 0 Å². The molecule has 2 atom stereocenters. The van der Waals surface area contributed by atoms with Gasteiger partial charge in [0.05, 0.1) is 27.6 Å².